The Balaban J connectivity index is 1.33. The molecular formula is C23H23ClF3N3. The molecule has 5 rings (SSSR count). The van der Waals surface area contributed by atoms with Crippen LogP contribution in [-0.2, 0) is 25.7 Å². The summed E-state index contributed by atoms with van der Waals surface area (Å²) in [4.78, 5) is 7.16. The van der Waals surface area contributed by atoms with Gasteiger partial charge >= 0.3 is 6.18 Å². The lowest BCUT2D eigenvalue weighted by Gasteiger charge is -2.33. The average Bonchev–Trinajstić information content (AvgIpc) is 3.06. The molecule has 2 aliphatic heterocycles. The second-order valence-corrected chi connectivity index (χ2v) is 8.79. The number of hydrogen-bond donors (Lipinski definition) is 0. The van der Waals surface area contributed by atoms with Gasteiger partial charge in [0.2, 0.25) is 0 Å². The first-order valence-electron chi connectivity index (χ1n) is 10.5. The number of imidazole rings is 1. The van der Waals surface area contributed by atoms with Crippen LogP contribution in [-0.4, -0.2) is 27.5 Å². The molecule has 0 bridgehead atoms. The Kier molecular flexibility index (Phi) is 5.02. The lowest BCUT2D eigenvalue weighted by molar-refractivity contribution is -0.138. The zero-order valence-electron chi connectivity index (χ0n) is 16.6. The third-order valence-corrected chi connectivity index (χ3v) is 6.67. The number of aryl methyl sites for hydroxylation is 2. The van der Waals surface area contributed by atoms with E-state index in [1.54, 1.807) is 12.1 Å². The second-order valence-electron chi connectivity index (χ2n) is 8.35. The van der Waals surface area contributed by atoms with Gasteiger partial charge in [-0.2, -0.15) is 13.2 Å². The van der Waals surface area contributed by atoms with E-state index in [1.807, 2.05) is 12.1 Å². The number of hydrogen-bond acceptors (Lipinski definition) is 2. The highest BCUT2D eigenvalue weighted by atomic mass is 35.5. The van der Waals surface area contributed by atoms with Crippen molar-refractivity contribution in [1.29, 1.82) is 0 Å². The molecule has 7 heteroatoms. The molecule has 30 heavy (non-hydrogen) atoms. The lowest BCUT2D eigenvalue weighted by atomic mass is 9.86. The van der Waals surface area contributed by atoms with E-state index in [2.05, 4.69) is 9.47 Å². The van der Waals surface area contributed by atoms with E-state index in [9.17, 15) is 13.2 Å². The molecule has 1 aromatic heterocycles. The Morgan fingerprint density at radius 3 is 2.60 bits per heavy atom. The Morgan fingerprint density at radius 2 is 1.83 bits per heavy atom. The van der Waals surface area contributed by atoms with Crippen molar-refractivity contribution in [3.05, 3.63) is 63.9 Å². The molecule has 0 aliphatic carbocycles. The van der Waals surface area contributed by atoms with Gasteiger partial charge in [-0.15, -0.1) is 0 Å². The summed E-state index contributed by atoms with van der Waals surface area (Å²) in [5.41, 5.74) is 3.34. The van der Waals surface area contributed by atoms with Crippen LogP contribution in [0.2, 0.25) is 5.02 Å². The number of likely N-dealkylation sites (tertiary alicyclic amines) is 1. The van der Waals surface area contributed by atoms with Gasteiger partial charge in [0.1, 0.15) is 5.82 Å². The van der Waals surface area contributed by atoms with Crippen molar-refractivity contribution < 1.29 is 13.2 Å². The molecule has 3 nitrogen and oxygen atoms in total. The molecule has 0 radical (unpaired) electrons. The zero-order valence-corrected chi connectivity index (χ0v) is 17.3. The van der Waals surface area contributed by atoms with E-state index >= 15 is 0 Å². The van der Waals surface area contributed by atoms with Crippen LogP contribution in [0, 0.1) is 0 Å². The summed E-state index contributed by atoms with van der Waals surface area (Å²) in [5, 5.41) is 0.722. The molecule has 0 amide bonds. The van der Waals surface area contributed by atoms with Gasteiger partial charge in [0.25, 0.3) is 0 Å². The highest BCUT2D eigenvalue weighted by Gasteiger charge is 2.35. The largest absolute Gasteiger partial charge is 0.416 e. The number of benzene rings is 2. The molecule has 0 spiro atoms. The Bertz CT molecular complexity index is 1080. The minimum atomic E-state index is -4.30. The van der Waals surface area contributed by atoms with Crippen LogP contribution in [0.25, 0.3) is 11.0 Å². The molecule has 1 saturated heterocycles. The standard InChI is InChI=1S/C23H23ClF3N3/c24-17-12-16-4-3-9-30-21(28-20(13-17)22(16)30)14-29-10-7-15(8-11-29)18-5-1-2-6-19(18)23(25,26)27/h1-2,5-6,12-13,15H,3-4,7-11,14H2. The molecule has 3 aromatic rings. The molecule has 2 aromatic carbocycles. The predicted octanol–water partition coefficient (Wildman–Crippen LogP) is 6.03. The summed E-state index contributed by atoms with van der Waals surface area (Å²) >= 11 is 6.26. The quantitative estimate of drug-likeness (QED) is 0.502. The monoisotopic (exact) mass is 433 g/mol. The van der Waals surface area contributed by atoms with Gasteiger partial charge in [0, 0.05) is 11.6 Å². The van der Waals surface area contributed by atoms with Gasteiger partial charge in [0.05, 0.1) is 23.1 Å². The van der Waals surface area contributed by atoms with Crippen LogP contribution >= 0.6 is 11.6 Å². The second kappa shape index (κ2) is 7.57. The van der Waals surface area contributed by atoms with Crippen LogP contribution in [0.5, 0.6) is 0 Å². The van der Waals surface area contributed by atoms with Crippen molar-refractivity contribution in [2.75, 3.05) is 13.1 Å². The molecule has 0 N–H and O–H groups in total. The van der Waals surface area contributed by atoms with Gasteiger partial charge in [-0.1, -0.05) is 29.8 Å². The van der Waals surface area contributed by atoms with Gasteiger partial charge in [-0.3, -0.25) is 4.90 Å². The Labute approximate surface area is 178 Å². The molecule has 158 valence electrons. The van der Waals surface area contributed by atoms with E-state index in [1.165, 1.54) is 23.2 Å². The highest BCUT2D eigenvalue weighted by molar-refractivity contribution is 6.31. The minimum absolute atomic E-state index is 0.0535. The third-order valence-electron chi connectivity index (χ3n) is 6.45. The van der Waals surface area contributed by atoms with Crippen LogP contribution in [0.1, 0.15) is 47.7 Å². The maximum atomic E-state index is 13.4. The van der Waals surface area contributed by atoms with Crippen molar-refractivity contribution in [3.63, 3.8) is 0 Å². The molecule has 0 saturated carbocycles. The van der Waals surface area contributed by atoms with Crippen molar-refractivity contribution >= 4 is 22.6 Å². The molecule has 0 unspecified atom stereocenters. The molecule has 3 heterocycles. The number of halogens is 4. The summed E-state index contributed by atoms with van der Waals surface area (Å²) < 4.78 is 42.5. The summed E-state index contributed by atoms with van der Waals surface area (Å²) in [6.07, 6.45) is -0.756. The van der Waals surface area contributed by atoms with E-state index in [0.29, 0.717) is 5.56 Å². The normalized spacial score (nSPS) is 18.3. The van der Waals surface area contributed by atoms with Crippen molar-refractivity contribution in [2.24, 2.45) is 0 Å². The lowest BCUT2D eigenvalue weighted by Crippen LogP contribution is -2.34. The van der Waals surface area contributed by atoms with Crippen LogP contribution in [0.3, 0.4) is 0 Å². The number of alkyl halides is 3. The summed E-state index contributed by atoms with van der Waals surface area (Å²) in [5.74, 6) is 0.976. The van der Waals surface area contributed by atoms with Crippen LogP contribution in [0.15, 0.2) is 36.4 Å². The first-order chi connectivity index (χ1) is 14.4. The zero-order chi connectivity index (χ0) is 20.9. The summed E-state index contributed by atoms with van der Waals surface area (Å²) in [7, 11) is 0. The van der Waals surface area contributed by atoms with Crippen molar-refractivity contribution in [3.8, 4) is 0 Å². The fourth-order valence-electron chi connectivity index (χ4n) is 5.06. The minimum Gasteiger partial charge on any atom is -0.327 e. The van der Waals surface area contributed by atoms with Gasteiger partial charge in [0.15, 0.2) is 0 Å². The smallest absolute Gasteiger partial charge is 0.327 e. The topological polar surface area (TPSA) is 21.1 Å². The Morgan fingerprint density at radius 1 is 1.07 bits per heavy atom. The summed E-state index contributed by atoms with van der Waals surface area (Å²) in [6.45, 7) is 3.22. The van der Waals surface area contributed by atoms with Crippen LogP contribution < -0.4 is 0 Å². The molecule has 0 atom stereocenters. The fourth-order valence-corrected chi connectivity index (χ4v) is 5.29. The fraction of sp³-hybridized carbons (Fsp3) is 0.435. The van der Waals surface area contributed by atoms with E-state index < -0.39 is 11.7 Å². The molecule has 1 fully saturated rings. The maximum Gasteiger partial charge on any atom is 0.416 e. The predicted molar refractivity (Wildman–Crippen MR) is 112 cm³/mol. The van der Waals surface area contributed by atoms with Crippen LogP contribution in [0.4, 0.5) is 13.2 Å². The Hall–Kier alpha value is -2.05. The van der Waals surface area contributed by atoms with E-state index in [-0.39, 0.29) is 5.92 Å². The van der Waals surface area contributed by atoms with E-state index in [4.69, 9.17) is 16.6 Å². The average molecular weight is 434 g/mol. The van der Waals surface area contributed by atoms with Crippen molar-refractivity contribution in [2.45, 2.75) is 50.9 Å². The third kappa shape index (κ3) is 3.60. The highest BCUT2D eigenvalue weighted by Crippen LogP contribution is 2.39. The first-order valence-corrected chi connectivity index (χ1v) is 10.8. The van der Waals surface area contributed by atoms with E-state index in [0.717, 1.165) is 68.2 Å². The van der Waals surface area contributed by atoms with Gasteiger partial charge < -0.3 is 4.57 Å². The SMILES string of the molecule is FC(F)(F)c1ccccc1C1CCN(Cc2nc3cc(Cl)cc4c3n2CCC4)CC1. The van der Waals surface area contributed by atoms with Gasteiger partial charge in [-0.05, 0) is 74.0 Å². The number of piperidine rings is 1. The molecule has 2 aliphatic rings. The van der Waals surface area contributed by atoms with Crippen molar-refractivity contribution in [1.82, 2.24) is 14.5 Å². The maximum absolute atomic E-state index is 13.4. The number of rotatable bonds is 3. The number of nitrogens with zero attached hydrogens (tertiary/aromatic N) is 3. The summed E-state index contributed by atoms with van der Waals surface area (Å²) in [6, 6.07) is 9.97. The first kappa shape index (κ1) is 19.9. The van der Waals surface area contributed by atoms with Gasteiger partial charge in [-0.25, -0.2) is 4.98 Å². The number of aromatic nitrogens is 2. The molecular weight excluding hydrogens is 411 g/mol.